The van der Waals surface area contributed by atoms with Gasteiger partial charge in [0.15, 0.2) is 5.76 Å². The Kier molecular flexibility index (Phi) is 4.90. The van der Waals surface area contributed by atoms with E-state index in [0.717, 1.165) is 25.7 Å². The van der Waals surface area contributed by atoms with Crippen molar-refractivity contribution in [3.63, 3.8) is 0 Å². The molecule has 1 aromatic heterocycles. The smallest absolute Gasteiger partial charge is 0.291 e. The van der Waals surface area contributed by atoms with Crippen LogP contribution in [0.1, 0.15) is 46.6 Å². The van der Waals surface area contributed by atoms with Crippen molar-refractivity contribution in [1.29, 1.82) is 0 Å². The molecule has 6 heteroatoms. The summed E-state index contributed by atoms with van der Waals surface area (Å²) in [4.78, 5) is 26.0. The quantitative estimate of drug-likeness (QED) is 0.875. The Morgan fingerprint density at radius 2 is 1.88 bits per heavy atom. The molecule has 1 fully saturated rings. The summed E-state index contributed by atoms with van der Waals surface area (Å²) in [6.07, 6.45) is 4.92. The van der Waals surface area contributed by atoms with Crippen LogP contribution in [0.15, 0.2) is 47.1 Å². The molecule has 0 atom stereocenters. The summed E-state index contributed by atoms with van der Waals surface area (Å²) in [7, 11) is 1.70. The van der Waals surface area contributed by atoms with Crippen molar-refractivity contribution in [1.82, 2.24) is 4.90 Å². The van der Waals surface area contributed by atoms with Gasteiger partial charge in [-0.25, -0.2) is 0 Å². The highest BCUT2D eigenvalue weighted by atomic mass is 16.3. The summed E-state index contributed by atoms with van der Waals surface area (Å²) in [6, 6.07) is 9.89. The summed E-state index contributed by atoms with van der Waals surface area (Å²) in [5.41, 5.74) is 0.330. The highest BCUT2D eigenvalue weighted by molar-refractivity contribution is 6.02. The number of amides is 2. The Morgan fingerprint density at radius 1 is 1.20 bits per heavy atom. The zero-order valence-electron chi connectivity index (χ0n) is 14.2. The molecular weight excluding hydrogens is 320 g/mol. The largest absolute Gasteiger partial charge is 0.459 e. The lowest BCUT2D eigenvalue weighted by Gasteiger charge is -2.28. The minimum Gasteiger partial charge on any atom is -0.459 e. The van der Waals surface area contributed by atoms with Crippen LogP contribution in [0.2, 0.25) is 0 Å². The SMILES string of the molecule is CN(CC1(O)CCCC1)C(=O)c1ccc(NC(=O)c2ccco2)cc1. The Bertz CT molecular complexity index is 731. The first-order chi connectivity index (χ1) is 12.0. The van der Waals surface area contributed by atoms with Gasteiger partial charge in [0, 0.05) is 24.8 Å². The number of nitrogens with one attached hydrogen (secondary N) is 1. The van der Waals surface area contributed by atoms with Gasteiger partial charge in [0.1, 0.15) is 0 Å². The van der Waals surface area contributed by atoms with Crippen LogP contribution in [0.25, 0.3) is 0 Å². The zero-order valence-corrected chi connectivity index (χ0v) is 14.2. The number of rotatable bonds is 5. The van der Waals surface area contributed by atoms with E-state index in [4.69, 9.17) is 4.42 Å². The van der Waals surface area contributed by atoms with Gasteiger partial charge in [0.2, 0.25) is 0 Å². The topological polar surface area (TPSA) is 82.8 Å². The molecule has 0 saturated heterocycles. The molecule has 2 amide bonds. The number of carbonyl (C=O) groups excluding carboxylic acids is 2. The molecule has 0 spiro atoms. The van der Waals surface area contributed by atoms with Crippen LogP contribution in [0, 0.1) is 0 Å². The second-order valence-electron chi connectivity index (χ2n) is 6.60. The highest BCUT2D eigenvalue weighted by Crippen LogP contribution is 2.30. The molecule has 1 saturated carbocycles. The van der Waals surface area contributed by atoms with Crippen molar-refractivity contribution in [2.24, 2.45) is 0 Å². The van der Waals surface area contributed by atoms with Crippen LogP contribution in [-0.2, 0) is 0 Å². The fourth-order valence-electron chi connectivity index (χ4n) is 3.22. The lowest BCUT2D eigenvalue weighted by Crippen LogP contribution is -2.42. The first kappa shape index (κ1) is 17.2. The monoisotopic (exact) mass is 342 g/mol. The van der Waals surface area contributed by atoms with Gasteiger partial charge in [0.25, 0.3) is 11.8 Å². The third kappa shape index (κ3) is 4.09. The van der Waals surface area contributed by atoms with E-state index < -0.39 is 5.60 Å². The molecule has 2 N–H and O–H groups in total. The molecule has 1 aliphatic carbocycles. The van der Waals surface area contributed by atoms with E-state index >= 15 is 0 Å². The van der Waals surface area contributed by atoms with Gasteiger partial charge in [-0.15, -0.1) is 0 Å². The van der Waals surface area contributed by atoms with Gasteiger partial charge in [0.05, 0.1) is 11.9 Å². The Balaban J connectivity index is 1.61. The van der Waals surface area contributed by atoms with Crippen LogP contribution in [-0.4, -0.2) is 41.0 Å². The molecule has 6 nitrogen and oxygen atoms in total. The molecular formula is C19H22N2O4. The van der Waals surface area contributed by atoms with E-state index in [2.05, 4.69) is 5.32 Å². The van der Waals surface area contributed by atoms with Crippen molar-refractivity contribution < 1.29 is 19.1 Å². The summed E-state index contributed by atoms with van der Waals surface area (Å²) in [6.45, 7) is 0.336. The number of aliphatic hydroxyl groups is 1. The third-order valence-corrected chi connectivity index (χ3v) is 4.55. The maximum absolute atomic E-state index is 12.5. The van der Waals surface area contributed by atoms with Crippen molar-refractivity contribution >= 4 is 17.5 Å². The Hall–Kier alpha value is -2.60. The fourth-order valence-corrected chi connectivity index (χ4v) is 3.22. The van der Waals surface area contributed by atoms with Gasteiger partial charge in [-0.1, -0.05) is 12.8 Å². The lowest BCUT2D eigenvalue weighted by atomic mass is 10.0. The van der Waals surface area contributed by atoms with Gasteiger partial charge in [-0.2, -0.15) is 0 Å². The molecule has 132 valence electrons. The normalized spacial score (nSPS) is 15.8. The van der Waals surface area contributed by atoms with Crippen LogP contribution >= 0.6 is 0 Å². The molecule has 3 rings (SSSR count). The summed E-state index contributed by atoms with van der Waals surface area (Å²) < 4.78 is 5.04. The first-order valence-corrected chi connectivity index (χ1v) is 8.40. The number of benzene rings is 1. The van der Waals surface area contributed by atoms with Crippen LogP contribution < -0.4 is 5.32 Å². The van der Waals surface area contributed by atoms with E-state index in [9.17, 15) is 14.7 Å². The lowest BCUT2D eigenvalue weighted by molar-refractivity contribution is 0.0157. The number of anilines is 1. The molecule has 0 unspecified atom stereocenters. The standard InChI is InChI=1S/C19H22N2O4/c1-21(13-19(24)10-2-3-11-19)18(23)14-6-8-15(9-7-14)20-17(22)16-5-4-12-25-16/h4-9,12,24H,2-3,10-11,13H2,1H3,(H,20,22). The molecule has 0 radical (unpaired) electrons. The number of nitrogens with zero attached hydrogens (tertiary/aromatic N) is 1. The van der Waals surface area contributed by atoms with Gasteiger partial charge >= 0.3 is 0 Å². The minimum atomic E-state index is -0.763. The molecule has 0 aliphatic heterocycles. The van der Waals surface area contributed by atoms with Gasteiger partial charge in [-0.3, -0.25) is 9.59 Å². The van der Waals surface area contributed by atoms with Crippen LogP contribution in [0.5, 0.6) is 0 Å². The maximum atomic E-state index is 12.5. The predicted molar refractivity (Wildman–Crippen MR) is 93.5 cm³/mol. The van der Waals surface area contributed by atoms with Gasteiger partial charge in [-0.05, 0) is 49.2 Å². The summed E-state index contributed by atoms with van der Waals surface area (Å²) in [5, 5.41) is 13.1. The van der Waals surface area contributed by atoms with Crippen LogP contribution in [0.4, 0.5) is 5.69 Å². The van der Waals surface area contributed by atoms with E-state index in [-0.39, 0.29) is 17.6 Å². The summed E-state index contributed by atoms with van der Waals surface area (Å²) >= 11 is 0. The van der Waals surface area contributed by atoms with Crippen molar-refractivity contribution in [2.75, 3.05) is 18.9 Å². The number of hydrogen-bond donors (Lipinski definition) is 2. The average molecular weight is 342 g/mol. The first-order valence-electron chi connectivity index (χ1n) is 8.40. The van der Waals surface area contributed by atoms with E-state index in [1.54, 1.807) is 48.3 Å². The Labute approximate surface area is 146 Å². The number of furan rings is 1. The van der Waals surface area contributed by atoms with E-state index in [1.807, 2.05) is 0 Å². The van der Waals surface area contributed by atoms with Crippen molar-refractivity contribution in [3.8, 4) is 0 Å². The third-order valence-electron chi connectivity index (χ3n) is 4.55. The van der Waals surface area contributed by atoms with Gasteiger partial charge < -0.3 is 19.7 Å². The zero-order chi connectivity index (χ0) is 17.9. The second kappa shape index (κ2) is 7.11. The number of likely N-dealkylation sites (N-methyl/N-ethyl adjacent to an activating group) is 1. The molecule has 1 aliphatic rings. The highest BCUT2D eigenvalue weighted by Gasteiger charge is 2.33. The molecule has 1 heterocycles. The predicted octanol–water partition coefficient (Wildman–Crippen LogP) is 2.91. The second-order valence-corrected chi connectivity index (χ2v) is 6.60. The van der Waals surface area contributed by atoms with Crippen molar-refractivity contribution in [3.05, 3.63) is 54.0 Å². The van der Waals surface area contributed by atoms with E-state index in [0.29, 0.717) is 17.8 Å². The number of hydrogen-bond acceptors (Lipinski definition) is 4. The Morgan fingerprint density at radius 3 is 2.48 bits per heavy atom. The fraction of sp³-hybridized carbons (Fsp3) is 0.368. The molecule has 2 aromatic rings. The van der Waals surface area contributed by atoms with Crippen LogP contribution in [0.3, 0.4) is 0 Å². The number of carbonyl (C=O) groups is 2. The average Bonchev–Trinajstić information content (AvgIpc) is 3.27. The summed E-state index contributed by atoms with van der Waals surface area (Å²) in [5.74, 6) is -0.265. The van der Waals surface area contributed by atoms with E-state index in [1.165, 1.54) is 6.26 Å². The maximum Gasteiger partial charge on any atom is 0.291 e. The van der Waals surface area contributed by atoms with Crippen molar-refractivity contribution in [2.45, 2.75) is 31.3 Å². The minimum absolute atomic E-state index is 0.149. The molecule has 1 aromatic carbocycles. The molecule has 0 bridgehead atoms. The molecule has 25 heavy (non-hydrogen) atoms.